The van der Waals surface area contributed by atoms with Gasteiger partial charge < -0.3 is 10.1 Å². The summed E-state index contributed by atoms with van der Waals surface area (Å²) in [5.74, 6) is 0.178. The number of anilines is 1. The minimum absolute atomic E-state index is 0.114. The van der Waals surface area contributed by atoms with Crippen molar-refractivity contribution in [1.82, 2.24) is 5.32 Å². The summed E-state index contributed by atoms with van der Waals surface area (Å²) in [6.45, 7) is 5.50. The Kier molecular flexibility index (Phi) is 5.69. The maximum Gasteiger partial charge on any atom is 0.261 e. The van der Waals surface area contributed by atoms with E-state index in [0.717, 1.165) is 0 Å². The molecule has 0 atom stereocenters. The SMILES string of the molecule is CC(C)(C)NC(=O)COc1ccc(S(=O)(=O)Nc2ccccc2)cc1. The molecule has 1 amide bonds. The number of ether oxygens (including phenoxy) is 1. The first-order valence-electron chi connectivity index (χ1n) is 7.77. The van der Waals surface area contributed by atoms with Crippen molar-refractivity contribution in [2.24, 2.45) is 0 Å². The van der Waals surface area contributed by atoms with Crippen LogP contribution in [0.4, 0.5) is 5.69 Å². The normalized spacial score (nSPS) is 11.6. The highest BCUT2D eigenvalue weighted by Crippen LogP contribution is 2.19. The molecule has 2 N–H and O–H groups in total. The molecule has 25 heavy (non-hydrogen) atoms. The van der Waals surface area contributed by atoms with Crippen molar-refractivity contribution in [3.8, 4) is 5.75 Å². The highest BCUT2D eigenvalue weighted by Gasteiger charge is 2.16. The van der Waals surface area contributed by atoms with Crippen LogP contribution in [0.3, 0.4) is 0 Å². The molecule has 0 spiro atoms. The number of amides is 1. The monoisotopic (exact) mass is 362 g/mol. The number of carbonyl (C=O) groups excluding carboxylic acids is 1. The minimum atomic E-state index is -3.67. The van der Waals surface area contributed by atoms with Gasteiger partial charge in [-0.1, -0.05) is 18.2 Å². The molecule has 134 valence electrons. The fourth-order valence-electron chi connectivity index (χ4n) is 2.04. The first kappa shape index (κ1) is 18.8. The van der Waals surface area contributed by atoms with E-state index in [1.165, 1.54) is 24.3 Å². The molecule has 0 unspecified atom stereocenters. The fourth-order valence-corrected chi connectivity index (χ4v) is 3.10. The van der Waals surface area contributed by atoms with Crippen LogP contribution in [0.15, 0.2) is 59.5 Å². The number of carbonyl (C=O) groups is 1. The van der Waals surface area contributed by atoms with Gasteiger partial charge in [0.2, 0.25) is 0 Å². The van der Waals surface area contributed by atoms with E-state index in [9.17, 15) is 13.2 Å². The summed E-state index contributed by atoms with van der Waals surface area (Å²) in [4.78, 5) is 11.8. The second kappa shape index (κ2) is 7.57. The first-order chi connectivity index (χ1) is 11.7. The molecular formula is C18H22N2O4S. The maximum absolute atomic E-state index is 12.3. The van der Waals surface area contributed by atoms with E-state index in [4.69, 9.17) is 4.74 Å². The molecule has 0 fully saturated rings. The van der Waals surface area contributed by atoms with E-state index >= 15 is 0 Å². The van der Waals surface area contributed by atoms with Gasteiger partial charge in [0.15, 0.2) is 6.61 Å². The second-order valence-electron chi connectivity index (χ2n) is 6.53. The van der Waals surface area contributed by atoms with Crippen LogP contribution < -0.4 is 14.8 Å². The summed E-state index contributed by atoms with van der Waals surface area (Å²) in [5.41, 5.74) is 0.156. The Bertz CT molecular complexity index is 810. The number of hydrogen-bond acceptors (Lipinski definition) is 4. The molecule has 2 aromatic rings. The molecule has 0 saturated heterocycles. The molecule has 0 aliphatic carbocycles. The number of para-hydroxylation sites is 1. The van der Waals surface area contributed by atoms with Gasteiger partial charge in [0.1, 0.15) is 5.75 Å². The van der Waals surface area contributed by atoms with E-state index in [2.05, 4.69) is 10.0 Å². The molecule has 2 aromatic carbocycles. The van der Waals surface area contributed by atoms with E-state index in [0.29, 0.717) is 11.4 Å². The predicted molar refractivity (Wildman–Crippen MR) is 97.1 cm³/mol. The smallest absolute Gasteiger partial charge is 0.261 e. The number of rotatable bonds is 6. The highest BCUT2D eigenvalue weighted by molar-refractivity contribution is 7.92. The zero-order chi connectivity index (χ0) is 18.5. The average Bonchev–Trinajstić information content (AvgIpc) is 2.52. The zero-order valence-electron chi connectivity index (χ0n) is 14.4. The Morgan fingerprint density at radius 1 is 1.00 bits per heavy atom. The van der Waals surface area contributed by atoms with Crippen molar-refractivity contribution in [2.75, 3.05) is 11.3 Å². The van der Waals surface area contributed by atoms with Gasteiger partial charge in [-0.2, -0.15) is 0 Å². The Labute approximate surface area is 148 Å². The quantitative estimate of drug-likeness (QED) is 0.827. The molecule has 0 aliphatic rings. The average molecular weight is 362 g/mol. The summed E-state index contributed by atoms with van der Waals surface area (Å²) in [6, 6.07) is 14.5. The van der Waals surface area contributed by atoms with Crippen molar-refractivity contribution in [2.45, 2.75) is 31.2 Å². The summed E-state index contributed by atoms with van der Waals surface area (Å²) in [6.07, 6.45) is 0. The molecule has 2 rings (SSSR count). The minimum Gasteiger partial charge on any atom is -0.484 e. The van der Waals surface area contributed by atoms with Crippen LogP contribution in [0.1, 0.15) is 20.8 Å². The maximum atomic E-state index is 12.3. The predicted octanol–water partition coefficient (Wildman–Crippen LogP) is 2.78. The van der Waals surface area contributed by atoms with Gasteiger partial charge in [-0.05, 0) is 57.2 Å². The van der Waals surface area contributed by atoms with Crippen molar-refractivity contribution >= 4 is 21.6 Å². The molecule has 0 saturated carbocycles. The lowest BCUT2D eigenvalue weighted by atomic mass is 10.1. The van der Waals surface area contributed by atoms with E-state index in [1.54, 1.807) is 30.3 Å². The molecule has 7 heteroatoms. The standard InChI is InChI=1S/C18H22N2O4S/c1-18(2,3)19-17(21)13-24-15-9-11-16(12-10-15)25(22,23)20-14-7-5-4-6-8-14/h4-12,20H,13H2,1-3H3,(H,19,21). The summed E-state index contributed by atoms with van der Waals surface area (Å²) in [7, 11) is -3.67. The summed E-state index contributed by atoms with van der Waals surface area (Å²) in [5, 5.41) is 2.78. The van der Waals surface area contributed by atoms with E-state index in [1.807, 2.05) is 20.8 Å². The Balaban J connectivity index is 1.98. The van der Waals surface area contributed by atoms with Crippen molar-refractivity contribution in [1.29, 1.82) is 0 Å². The Hall–Kier alpha value is -2.54. The third-order valence-electron chi connectivity index (χ3n) is 3.04. The van der Waals surface area contributed by atoms with Gasteiger partial charge in [-0.15, -0.1) is 0 Å². The van der Waals surface area contributed by atoms with Gasteiger partial charge in [0.25, 0.3) is 15.9 Å². The van der Waals surface area contributed by atoms with Crippen molar-refractivity contribution in [3.63, 3.8) is 0 Å². The van der Waals surface area contributed by atoms with Crippen LogP contribution >= 0.6 is 0 Å². The van der Waals surface area contributed by atoms with Gasteiger partial charge in [0.05, 0.1) is 4.90 Å². The zero-order valence-corrected chi connectivity index (χ0v) is 15.3. The van der Waals surface area contributed by atoms with Crippen LogP contribution in [0, 0.1) is 0 Å². The highest BCUT2D eigenvalue weighted by atomic mass is 32.2. The Morgan fingerprint density at radius 3 is 2.16 bits per heavy atom. The fraction of sp³-hybridized carbons (Fsp3) is 0.278. The molecular weight excluding hydrogens is 340 g/mol. The Morgan fingerprint density at radius 2 is 1.60 bits per heavy atom. The molecule has 0 aliphatic heterocycles. The molecule has 0 aromatic heterocycles. The largest absolute Gasteiger partial charge is 0.484 e. The first-order valence-corrected chi connectivity index (χ1v) is 9.26. The second-order valence-corrected chi connectivity index (χ2v) is 8.21. The van der Waals surface area contributed by atoms with Gasteiger partial charge in [-0.3, -0.25) is 9.52 Å². The van der Waals surface area contributed by atoms with E-state index < -0.39 is 10.0 Å². The topological polar surface area (TPSA) is 84.5 Å². The molecule has 6 nitrogen and oxygen atoms in total. The van der Waals surface area contributed by atoms with Crippen molar-refractivity contribution < 1.29 is 17.9 Å². The summed E-state index contributed by atoms with van der Waals surface area (Å²) >= 11 is 0. The molecule has 0 bridgehead atoms. The lowest BCUT2D eigenvalue weighted by molar-refractivity contribution is -0.124. The molecule has 0 heterocycles. The third kappa shape index (κ3) is 6.11. The lowest BCUT2D eigenvalue weighted by Gasteiger charge is -2.20. The number of sulfonamides is 1. The van der Waals surface area contributed by atoms with Gasteiger partial charge in [-0.25, -0.2) is 8.42 Å². The lowest BCUT2D eigenvalue weighted by Crippen LogP contribution is -2.43. The van der Waals surface area contributed by atoms with Crippen LogP contribution in [0.2, 0.25) is 0 Å². The molecule has 0 radical (unpaired) electrons. The number of benzene rings is 2. The van der Waals surface area contributed by atoms with Crippen LogP contribution in [-0.2, 0) is 14.8 Å². The van der Waals surface area contributed by atoms with Gasteiger partial charge in [0, 0.05) is 11.2 Å². The summed E-state index contributed by atoms with van der Waals surface area (Å²) < 4.78 is 32.5. The number of nitrogens with one attached hydrogen (secondary N) is 2. The number of hydrogen-bond donors (Lipinski definition) is 2. The van der Waals surface area contributed by atoms with Crippen molar-refractivity contribution in [3.05, 3.63) is 54.6 Å². The van der Waals surface area contributed by atoms with Crippen LogP contribution in [0.25, 0.3) is 0 Å². The van der Waals surface area contributed by atoms with Crippen LogP contribution in [0.5, 0.6) is 5.75 Å². The van der Waals surface area contributed by atoms with E-state index in [-0.39, 0.29) is 22.9 Å². The van der Waals surface area contributed by atoms with Gasteiger partial charge >= 0.3 is 0 Å². The van der Waals surface area contributed by atoms with Crippen LogP contribution in [-0.4, -0.2) is 26.5 Å². The third-order valence-corrected chi connectivity index (χ3v) is 4.44.